The van der Waals surface area contributed by atoms with E-state index in [0.29, 0.717) is 10.7 Å². The molecule has 0 aliphatic rings. The molecule has 2 N–H and O–H groups in total. The summed E-state index contributed by atoms with van der Waals surface area (Å²) in [5.74, 6) is 0.818. The monoisotopic (exact) mass is 213 g/mol. The van der Waals surface area contributed by atoms with Crippen molar-refractivity contribution in [2.45, 2.75) is 33.3 Å². The van der Waals surface area contributed by atoms with Gasteiger partial charge in [0.15, 0.2) is 0 Å². The van der Waals surface area contributed by atoms with Crippen molar-refractivity contribution in [1.82, 2.24) is 0 Å². The molecule has 0 heterocycles. The maximum atomic E-state index is 5.91. The van der Waals surface area contributed by atoms with E-state index in [1.165, 1.54) is 0 Å². The zero-order valence-electron chi connectivity index (χ0n) is 8.80. The van der Waals surface area contributed by atoms with Crippen LogP contribution < -0.4 is 10.5 Å². The zero-order valence-corrected chi connectivity index (χ0v) is 9.56. The Morgan fingerprint density at radius 2 is 2.14 bits per heavy atom. The van der Waals surface area contributed by atoms with Crippen LogP contribution in [0, 0.1) is 6.92 Å². The predicted octanol–water partition coefficient (Wildman–Crippen LogP) is 3.41. The van der Waals surface area contributed by atoms with Gasteiger partial charge in [-0.3, -0.25) is 0 Å². The van der Waals surface area contributed by atoms with Crippen molar-refractivity contribution in [3.8, 4) is 5.75 Å². The van der Waals surface area contributed by atoms with E-state index < -0.39 is 0 Å². The molecule has 0 aliphatic carbocycles. The molecule has 0 saturated heterocycles. The van der Waals surface area contributed by atoms with E-state index in [2.05, 4.69) is 6.92 Å². The smallest absolute Gasteiger partial charge is 0.124 e. The Hall–Kier alpha value is -0.890. The zero-order chi connectivity index (χ0) is 10.7. The number of nitrogen functional groups attached to an aromatic ring is 1. The largest absolute Gasteiger partial charge is 0.490 e. The Morgan fingerprint density at radius 3 is 2.71 bits per heavy atom. The summed E-state index contributed by atoms with van der Waals surface area (Å²) < 4.78 is 5.69. The number of halogens is 1. The quantitative estimate of drug-likeness (QED) is 0.781. The van der Waals surface area contributed by atoms with Gasteiger partial charge in [0.2, 0.25) is 0 Å². The number of rotatable bonds is 3. The third kappa shape index (κ3) is 2.55. The van der Waals surface area contributed by atoms with Crippen LogP contribution in [0.15, 0.2) is 12.1 Å². The molecular weight excluding hydrogens is 198 g/mol. The van der Waals surface area contributed by atoms with E-state index in [1.54, 1.807) is 6.07 Å². The molecule has 2 nitrogen and oxygen atoms in total. The highest BCUT2D eigenvalue weighted by atomic mass is 35.5. The van der Waals surface area contributed by atoms with Crippen molar-refractivity contribution in [3.63, 3.8) is 0 Å². The van der Waals surface area contributed by atoms with E-state index in [0.717, 1.165) is 17.7 Å². The van der Waals surface area contributed by atoms with E-state index in [-0.39, 0.29) is 6.10 Å². The van der Waals surface area contributed by atoms with Crippen molar-refractivity contribution in [3.05, 3.63) is 22.7 Å². The van der Waals surface area contributed by atoms with E-state index >= 15 is 0 Å². The van der Waals surface area contributed by atoms with Gasteiger partial charge in [0.25, 0.3) is 0 Å². The molecule has 0 aliphatic heterocycles. The second-order valence-corrected chi connectivity index (χ2v) is 3.88. The molecule has 1 atom stereocenters. The number of aryl methyl sites for hydroxylation is 1. The van der Waals surface area contributed by atoms with E-state index in [1.807, 2.05) is 19.9 Å². The predicted molar refractivity (Wildman–Crippen MR) is 61.0 cm³/mol. The first kappa shape index (κ1) is 11.2. The maximum absolute atomic E-state index is 5.91. The summed E-state index contributed by atoms with van der Waals surface area (Å²) in [7, 11) is 0. The summed E-state index contributed by atoms with van der Waals surface area (Å²) in [5.41, 5.74) is 7.28. The molecule has 0 spiro atoms. The number of hydrogen-bond donors (Lipinski definition) is 1. The van der Waals surface area contributed by atoms with Gasteiger partial charge in [-0.25, -0.2) is 0 Å². The summed E-state index contributed by atoms with van der Waals surface area (Å²) in [4.78, 5) is 0. The Labute approximate surface area is 90.0 Å². The number of nitrogens with two attached hydrogens (primary N) is 1. The molecule has 1 aromatic carbocycles. The molecule has 3 heteroatoms. The summed E-state index contributed by atoms with van der Waals surface area (Å²) >= 11 is 5.91. The minimum absolute atomic E-state index is 0.202. The van der Waals surface area contributed by atoms with Crippen LogP contribution in [-0.4, -0.2) is 6.10 Å². The molecule has 0 saturated carbocycles. The highest BCUT2D eigenvalue weighted by molar-refractivity contribution is 6.33. The molecule has 0 radical (unpaired) electrons. The fourth-order valence-corrected chi connectivity index (χ4v) is 1.27. The average molecular weight is 214 g/mol. The van der Waals surface area contributed by atoms with Crippen molar-refractivity contribution >= 4 is 17.3 Å². The summed E-state index contributed by atoms with van der Waals surface area (Å²) in [6.45, 7) is 6.08. The van der Waals surface area contributed by atoms with Gasteiger partial charge < -0.3 is 10.5 Å². The number of hydrogen-bond acceptors (Lipinski definition) is 2. The third-order valence-corrected chi connectivity index (χ3v) is 2.52. The fourth-order valence-electron chi connectivity index (χ4n) is 1.11. The Kier molecular flexibility index (Phi) is 3.64. The van der Waals surface area contributed by atoms with Gasteiger partial charge >= 0.3 is 0 Å². The van der Waals surface area contributed by atoms with Gasteiger partial charge in [0.1, 0.15) is 5.75 Å². The summed E-state index contributed by atoms with van der Waals surface area (Å²) in [5, 5.41) is 0.550. The lowest BCUT2D eigenvalue weighted by molar-refractivity contribution is 0.216. The van der Waals surface area contributed by atoms with Crippen LogP contribution in [0.25, 0.3) is 0 Å². The summed E-state index contributed by atoms with van der Waals surface area (Å²) in [6.07, 6.45) is 1.18. The second kappa shape index (κ2) is 4.56. The SMILES string of the molecule is CCC(C)Oc1cc(Cl)c(N)cc1C. The van der Waals surface area contributed by atoms with Gasteiger partial charge in [-0.15, -0.1) is 0 Å². The summed E-state index contributed by atoms with van der Waals surface area (Å²) in [6, 6.07) is 3.61. The number of anilines is 1. The van der Waals surface area contributed by atoms with Crippen LogP contribution in [0.4, 0.5) is 5.69 Å². The van der Waals surface area contributed by atoms with E-state index in [9.17, 15) is 0 Å². The van der Waals surface area contributed by atoms with Gasteiger partial charge in [0.05, 0.1) is 16.8 Å². The van der Waals surface area contributed by atoms with Crippen molar-refractivity contribution in [1.29, 1.82) is 0 Å². The Bertz CT molecular complexity index is 325. The van der Waals surface area contributed by atoms with Crippen LogP contribution in [-0.2, 0) is 0 Å². The van der Waals surface area contributed by atoms with Crippen LogP contribution >= 0.6 is 11.6 Å². The third-order valence-electron chi connectivity index (χ3n) is 2.20. The van der Waals surface area contributed by atoms with Crippen molar-refractivity contribution < 1.29 is 4.74 Å². The minimum atomic E-state index is 0.202. The average Bonchev–Trinajstić information content (AvgIpc) is 2.14. The lowest BCUT2D eigenvalue weighted by Gasteiger charge is -2.15. The molecule has 0 bridgehead atoms. The first-order valence-electron chi connectivity index (χ1n) is 4.76. The molecule has 0 aromatic heterocycles. The first-order chi connectivity index (χ1) is 6.54. The molecule has 1 unspecified atom stereocenters. The molecule has 1 rings (SSSR count). The minimum Gasteiger partial charge on any atom is -0.490 e. The molecule has 0 amide bonds. The second-order valence-electron chi connectivity index (χ2n) is 3.48. The van der Waals surface area contributed by atoms with Crippen LogP contribution in [0.5, 0.6) is 5.75 Å². The topological polar surface area (TPSA) is 35.2 Å². The highest BCUT2D eigenvalue weighted by Crippen LogP contribution is 2.29. The Morgan fingerprint density at radius 1 is 1.50 bits per heavy atom. The lowest BCUT2D eigenvalue weighted by atomic mass is 10.2. The normalized spacial score (nSPS) is 12.6. The van der Waals surface area contributed by atoms with Crippen LogP contribution in [0.2, 0.25) is 5.02 Å². The first-order valence-corrected chi connectivity index (χ1v) is 5.14. The maximum Gasteiger partial charge on any atom is 0.124 e. The van der Waals surface area contributed by atoms with Crippen LogP contribution in [0.3, 0.4) is 0 Å². The van der Waals surface area contributed by atoms with Gasteiger partial charge in [-0.2, -0.15) is 0 Å². The standard InChI is InChI=1S/C11H16ClNO/c1-4-8(3)14-11-6-9(12)10(13)5-7(11)2/h5-6,8H,4,13H2,1-3H3. The molecule has 0 fully saturated rings. The van der Waals surface area contributed by atoms with Gasteiger partial charge in [-0.1, -0.05) is 18.5 Å². The lowest BCUT2D eigenvalue weighted by Crippen LogP contribution is -2.10. The molecular formula is C11H16ClNO. The van der Waals surface area contributed by atoms with E-state index in [4.69, 9.17) is 22.1 Å². The number of ether oxygens (including phenoxy) is 1. The van der Waals surface area contributed by atoms with Gasteiger partial charge in [0, 0.05) is 6.07 Å². The van der Waals surface area contributed by atoms with Gasteiger partial charge in [-0.05, 0) is 31.9 Å². The molecule has 14 heavy (non-hydrogen) atoms. The number of benzene rings is 1. The Balaban J connectivity index is 2.92. The van der Waals surface area contributed by atoms with Crippen molar-refractivity contribution in [2.24, 2.45) is 0 Å². The fraction of sp³-hybridized carbons (Fsp3) is 0.455. The molecule has 1 aromatic rings. The van der Waals surface area contributed by atoms with Crippen molar-refractivity contribution in [2.75, 3.05) is 5.73 Å². The molecule has 78 valence electrons. The van der Waals surface area contributed by atoms with Crippen LogP contribution in [0.1, 0.15) is 25.8 Å². The highest BCUT2D eigenvalue weighted by Gasteiger charge is 2.07.